The molecule has 0 aliphatic carbocycles. The zero-order valence-electron chi connectivity index (χ0n) is 21.0. The van der Waals surface area contributed by atoms with Crippen LogP contribution in [0.5, 0.6) is 0 Å². The minimum atomic E-state index is 0.870. The van der Waals surface area contributed by atoms with Crippen molar-refractivity contribution < 1.29 is 0 Å². The van der Waals surface area contributed by atoms with Crippen LogP contribution in [0.2, 0.25) is 0 Å². The number of benzene rings is 6. The van der Waals surface area contributed by atoms with Crippen LogP contribution in [0.25, 0.3) is 53.7 Å². The van der Waals surface area contributed by atoms with Crippen LogP contribution in [0.1, 0.15) is 16.7 Å². The van der Waals surface area contributed by atoms with Crippen LogP contribution >= 0.6 is 11.3 Å². The fourth-order valence-corrected chi connectivity index (χ4v) is 6.52. The lowest BCUT2D eigenvalue weighted by Crippen LogP contribution is -1.93. The molecule has 1 heteroatoms. The van der Waals surface area contributed by atoms with Gasteiger partial charge in [-0.05, 0) is 68.8 Å². The monoisotopic (exact) mass is 502 g/mol. The van der Waals surface area contributed by atoms with Gasteiger partial charge in [-0.25, -0.2) is 0 Å². The molecule has 38 heavy (non-hydrogen) atoms. The van der Waals surface area contributed by atoms with Gasteiger partial charge in [-0.15, -0.1) is 11.3 Å². The van der Waals surface area contributed by atoms with E-state index in [-0.39, 0.29) is 0 Å². The molecule has 7 rings (SSSR count). The van der Waals surface area contributed by atoms with Crippen LogP contribution in [0.15, 0.2) is 140 Å². The van der Waals surface area contributed by atoms with Crippen molar-refractivity contribution in [3.8, 4) is 11.1 Å². The average molecular weight is 503 g/mol. The van der Waals surface area contributed by atoms with Crippen LogP contribution in [-0.4, -0.2) is 0 Å². The summed E-state index contributed by atoms with van der Waals surface area (Å²) >= 11 is 1.87. The maximum atomic E-state index is 2.38. The van der Waals surface area contributed by atoms with Crippen molar-refractivity contribution in [2.45, 2.75) is 6.42 Å². The Labute approximate surface area is 227 Å². The first-order valence-corrected chi connectivity index (χ1v) is 13.9. The van der Waals surface area contributed by atoms with Crippen molar-refractivity contribution in [3.05, 3.63) is 156 Å². The first kappa shape index (κ1) is 22.7. The molecule has 0 N–H and O–H groups in total. The molecular formula is C37H26S. The molecule has 0 unspecified atom stereocenters. The standard InChI is InChI=1S/C37H26S/c1-2-9-27(10-3-1)28-18-20-29(21-19-28)32(25-31-13-8-12-30-11-4-5-14-33(30)31)23-26-17-22-37-35(24-26)34-15-6-7-16-36(34)38-37/h1-24H,25H2/b32-23+. The molecule has 0 fully saturated rings. The molecule has 0 amide bonds. The van der Waals surface area contributed by atoms with Crippen molar-refractivity contribution in [2.75, 3.05) is 0 Å². The lowest BCUT2D eigenvalue weighted by atomic mass is 9.92. The van der Waals surface area contributed by atoms with E-state index in [1.807, 2.05) is 11.3 Å². The summed E-state index contributed by atoms with van der Waals surface area (Å²) in [6.45, 7) is 0. The Kier molecular flexibility index (Phi) is 5.84. The van der Waals surface area contributed by atoms with E-state index >= 15 is 0 Å². The number of hydrogen-bond donors (Lipinski definition) is 0. The van der Waals surface area contributed by atoms with E-state index in [9.17, 15) is 0 Å². The van der Waals surface area contributed by atoms with Crippen molar-refractivity contribution in [1.82, 2.24) is 0 Å². The van der Waals surface area contributed by atoms with Crippen LogP contribution in [0.4, 0.5) is 0 Å². The predicted octanol–water partition coefficient (Wildman–Crippen LogP) is 10.7. The summed E-state index contributed by atoms with van der Waals surface area (Å²) in [5, 5.41) is 5.28. The summed E-state index contributed by atoms with van der Waals surface area (Å²) in [6, 6.07) is 50.6. The molecule has 0 bridgehead atoms. The minimum Gasteiger partial charge on any atom is -0.135 e. The van der Waals surface area contributed by atoms with Gasteiger partial charge in [0.15, 0.2) is 0 Å². The van der Waals surface area contributed by atoms with Gasteiger partial charge in [0, 0.05) is 20.2 Å². The maximum absolute atomic E-state index is 2.38. The minimum absolute atomic E-state index is 0.870. The van der Waals surface area contributed by atoms with Gasteiger partial charge in [0.05, 0.1) is 0 Å². The fraction of sp³-hybridized carbons (Fsp3) is 0.0270. The molecule has 0 aliphatic heterocycles. The van der Waals surface area contributed by atoms with Gasteiger partial charge in [0.25, 0.3) is 0 Å². The van der Waals surface area contributed by atoms with Crippen molar-refractivity contribution in [2.24, 2.45) is 0 Å². The van der Waals surface area contributed by atoms with E-state index in [1.54, 1.807) is 0 Å². The highest BCUT2D eigenvalue weighted by Gasteiger charge is 2.10. The molecule has 180 valence electrons. The number of thiophene rings is 1. The third-order valence-electron chi connectivity index (χ3n) is 7.37. The highest BCUT2D eigenvalue weighted by atomic mass is 32.1. The molecule has 0 aliphatic rings. The molecule has 6 aromatic carbocycles. The van der Waals surface area contributed by atoms with Gasteiger partial charge >= 0.3 is 0 Å². The Balaban J connectivity index is 1.35. The van der Waals surface area contributed by atoms with Gasteiger partial charge in [-0.1, -0.05) is 127 Å². The van der Waals surface area contributed by atoms with E-state index in [4.69, 9.17) is 0 Å². The highest BCUT2D eigenvalue weighted by molar-refractivity contribution is 7.25. The van der Waals surface area contributed by atoms with Crippen molar-refractivity contribution in [3.63, 3.8) is 0 Å². The predicted molar refractivity (Wildman–Crippen MR) is 167 cm³/mol. The topological polar surface area (TPSA) is 0 Å². The third kappa shape index (κ3) is 4.32. The quantitative estimate of drug-likeness (QED) is 0.205. The second-order valence-electron chi connectivity index (χ2n) is 9.78. The van der Waals surface area contributed by atoms with E-state index in [0.717, 1.165) is 6.42 Å². The normalized spacial score (nSPS) is 11.9. The number of rotatable bonds is 5. The second kappa shape index (κ2) is 9.78. The molecule has 0 atom stereocenters. The van der Waals surface area contributed by atoms with Crippen molar-refractivity contribution in [1.29, 1.82) is 0 Å². The molecule has 0 radical (unpaired) electrons. The smallest absolute Gasteiger partial charge is 0.0355 e. The lowest BCUT2D eigenvalue weighted by Gasteiger charge is -2.13. The summed E-state index contributed by atoms with van der Waals surface area (Å²) in [5.74, 6) is 0. The summed E-state index contributed by atoms with van der Waals surface area (Å²) in [5.41, 5.74) is 7.65. The lowest BCUT2D eigenvalue weighted by molar-refractivity contribution is 1.32. The SMILES string of the molecule is C(=C(/Cc1cccc2ccccc12)c1ccc(-c2ccccc2)cc1)/c1ccc2sc3ccccc3c2c1. The summed E-state index contributed by atoms with van der Waals surface area (Å²) in [7, 11) is 0. The first-order valence-electron chi connectivity index (χ1n) is 13.1. The molecule has 0 saturated heterocycles. The van der Waals surface area contributed by atoms with E-state index < -0.39 is 0 Å². The van der Waals surface area contributed by atoms with Crippen LogP contribution < -0.4 is 0 Å². The Morgan fingerprint density at radius 3 is 2.08 bits per heavy atom. The summed E-state index contributed by atoms with van der Waals surface area (Å²) in [6.07, 6.45) is 3.25. The van der Waals surface area contributed by atoms with Crippen LogP contribution in [0.3, 0.4) is 0 Å². The summed E-state index contributed by atoms with van der Waals surface area (Å²) in [4.78, 5) is 0. The molecule has 1 aromatic heterocycles. The Bertz CT molecular complexity index is 1920. The van der Waals surface area contributed by atoms with Gasteiger partial charge in [-0.2, -0.15) is 0 Å². The van der Waals surface area contributed by atoms with Crippen molar-refractivity contribution >= 4 is 53.9 Å². The number of fused-ring (bicyclic) bond motifs is 4. The first-order chi connectivity index (χ1) is 18.8. The van der Waals surface area contributed by atoms with E-state index in [0.29, 0.717) is 0 Å². The van der Waals surface area contributed by atoms with Gasteiger partial charge < -0.3 is 0 Å². The average Bonchev–Trinajstić information content (AvgIpc) is 3.36. The van der Waals surface area contributed by atoms with Crippen LogP contribution in [-0.2, 0) is 6.42 Å². The van der Waals surface area contributed by atoms with Crippen LogP contribution in [0, 0.1) is 0 Å². The Morgan fingerprint density at radius 1 is 0.526 bits per heavy atom. The molecule has 0 saturated carbocycles. The number of hydrogen-bond acceptors (Lipinski definition) is 1. The second-order valence-corrected chi connectivity index (χ2v) is 10.9. The van der Waals surface area contributed by atoms with E-state index in [2.05, 4.69) is 146 Å². The Hall–Kier alpha value is -4.46. The zero-order chi connectivity index (χ0) is 25.3. The zero-order valence-corrected chi connectivity index (χ0v) is 21.8. The molecular weight excluding hydrogens is 476 g/mol. The van der Waals surface area contributed by atoms with Gasteiger partial charge in [-0.3, -0.25) is 0 Å². The van der Waals surface area contributed by atoms with Gasteiger partial charge in [0.2, 0.25) is 0 Å². The fourth-order valence-electron chi connectivity index (χ4n) is 5.43. The highest BCUT2D eigenvalue weighted by Crippen LogP contribution is 2.35. The van der Waals surface area contributed by atoms with E-state index in [1.165, 1.54) is 64.3 Å². The molecule has 7 aromatic rings. The largest absolute Gasteiger partial charge is 0.135 e. The number of allylic oxidation sites excluding steroid dienone is 1. The Morgan fingerprint density at radius 2 is 1.21 bits per heavy atom. The maximum Gasteiger partial charge on any atom is 0.0355 e. The van der Waals surface area contributed by atoms with Gasteiger partial charge in [0.1, 0.15) is 0 Å². The molecule has 0 nitrogen and oxygen atoms in total. The third-order valence-corrected chi connectivity index (χ3v) is 8.52. The summed E-state index contributed by atoms with van der Waals surface area (Å²) < 4.78 is 2.68. The molecule has 0 spiro atoms. The molecule has 1 heterocycles.